The summed E-state index contributed by atoms with van der Waals surface area (Å²) in [6.45, 7) is 6.61. The topological polar surface area (TPSA) is 57.4 Å². The standard InChI is InChI=1S/C12H21N5/c1-16-6-8-17(9-7-16)5-4-15-12-10-11(13)2-3-14-12/h2-3,10H,4-9H2,1H3,(H3,13,14,15). The Labute approximate surface area is 103 Å². The van der Waals surface area contributed by atoms with Gasteiger partial charge in [0.05, 0.1) is 0 Å². The minimum atomic E-state index is 0.752. The van der Waals surface area contributed by atoms with Crippen LogP contribution in [0, 0.1) is 0 Å². The number of nitrogens with zero attached hydrogens (tertiary/aromatic N) is 3. The number of hydrogen-bond acceptors (Lipinski definition) is 5. The van der Waals surface area contributed by atoms with Gasteiger partial charge in [0.1, 0.15) is 5.82 Å². The Morgan fingerprint density at radius 3 is 2.82 bits per heavy atom. The van der Waals surface area contributed by atoms with Gasteiger partial charge in [0.2, 0.25) is 0 Å². The molecule has 1 aliphatic rings. The molecule has 94 valence electrons. The molecule has 0 aromatic carbocycles. The fourth-order valence-corrected chi connectivity index (χ4v) is 1.96. The molecule has 0 saturated carbocycles. The van der Waals surface area contributed by atoms with E-state index in [2.05, 4.69) is 27.1 Å². The highest BCUT2D eigenvalue weighted by atomic mass is 15.2. The number of nitrogen functional groups attached to an aromatic ring is 1. The third-order valence-electron chi connectivity index (χ3n) is 3.11. The Hall–Kier alpha value is -1.33. The van der Waals surface area contributed by atoms with E-state index in [4.69, 9.17) is 5.73 Å². The minimum absolute atomic E-state index is 0.752. The van der Waals surface area contributed by atoms with Crippen molar-refractivity contribution in [1.29, 1.82) is 0 Å². The summed E-state index contributed by atoms with van der Waals surface area (Å²) in [5.74, 6) is 0.860. The van der Waals surface area contributed by atoms with Crippen molar-refractivity contribution in [2.24, 2.45) is 0 Å². The quantitative estimate of drug-likeness (QED) is 0.787. The van der Waals surface area contributed by atoms with Crippen molar-refractivity contribution in [2.75, 3.05) is 57.4 Å². The molecule has 5 nitrogen and oxygen atoms in total. The van der Waals surface area contributed by atoms with Crippen LogP contribution in [0.25, 0.3) is 0 Å². The Morgan fingerprint density at radius 2 is 2.12 bits per heavy atom. The van der Waals surface area contributed by atoms with Gasteiger partial charge in [0, 0.05) is 57.2 Å². The van der Waals surface area contributed by atoms with Crippen molar-refractivity contribution >= 4 is 11.5 Å². The maximum Gasteiger partial charge on any atom is 0.127 e. The lowest BCUT2D eigenvalue weighted by Crippen LogP contribution is -2.45. The van der Waals surface area contributed by atoms with Crippen molar-refractivity contribution in [3.05, 3.63) is 18.3 Å². The molecular formula is C12H21N5. The second-order valence-corrected chi connectivity index (χ2v) is 4.55. The van der Waals surface area contributed by atoms with E-state index in [9.17, 15) is 0 Å². The van der Waals surface area contributed by atoms with Crippen molar-refractivity contribution in [2.45, 2.75) is 0 Å². The second kappa shape index (κ2) is 5.84. The zero-order chi connectivity index (χ0) is 12.1. The van der Waals surface area contributed by atoms with Gasteiger partial charge in [-0.05, 0) is 13.1 Å². The number of aromatic nitrogens is 1. The van der Waals surface area contributed by atoms with Crippen LogP contribution in [-0.4, -0.2) is 61.1 Å². The second-order valence-electron chi connectivity index (χ2n) is 4.55. The van der Waals surface area contributed by atoms with E-state index >= 15 is 0 Å². The number of likely N-dealkylation sites (N-methyl/N-ethyl adjacent to an activating group) is 1. The lowest BCUT2D eigenvalue weighted by atomic mass is 10.3. The molecule has 17 heavy (non-hydrogen) atoms. The summed E-state index contributed by atoms with van der Waals surface area (Å²) < 4.78 is 0. The molecular weight excluding hydrogens is 214 g/mol. The zero-order valence-corrected chi connectivity index (χ0v) is 10.4. The summed E-state index contributed by atoms with van der Waals surface area (Å²) in [5, 5.41) is 3.30. The summed E-state index contributed by atoms with van der Waals surface area (Å²) in [6, 6.07) is 3.66. The van der Waals surface area contributed by atoms with Crippen LogP contribution in [0.5, 0.6) is 0 Å². The molecule has 2 rings (SSSR count). The first-order chi connectivity index (χ1) is 8.24. The van der Waals surface area contributed by atoms with E-state index in [1.54, 1.807) is 12.3 Å². The molecule has 1 fully saturated rings. The Kier molecular flexibility index (Phi) is 4.17. The number of rotatable bonds is 4. The van der Waals surface area contributed by atoms with Gasteiger partial charge in [-0.15, -0.1) is 0 Å². The van der Waals surface area contributed by atoms with Crippen molar-refractivity contribution in [1.82, 2.24) is 14.8 Å². The van der Waals surface area contributed by atoms with Crippen LogP contribution in [0.1, 0.15) is 0 Å². The van der Waals surface area contributed by atoms with Crippen molar-refractivity contribution in [3.8, 4) is 0 Å². The molecule has 1 aromatic heterocycles. The lowest BCUT2D eigenvalue weighted by molar-refractivity contribution is 0.158. The average Bonchev–Trinajstić information content (AvgIpc) is 2.32. The van der Waals surface area contributed by atoms with E-state index in [1.165, 1.54) is 0 Å². The first kappa shape index (κ1) is 12.1. The third kappa shape index (κ3) is 3.87. The highest BCUT2D eigenvalue weighted by Crippen LogP contribution is 2.07. The van der Waals surface area contributed by atoms with Gasteiger partial charge in [-0.2, -0.15) is 0 Å². The van der Waals surface area contributed by atoms with E-state index < -0.39 is 0 Å². The van der Waals surface area contributed by atoms with Gasteiger partial charge in [0.25, 0.3) is 0 Å². The van der Waals surface area contributed by atoms with Crippen LogP contribution < -0.4 is 11.1 Å². The van der Waals surface area contributed by atoms with Crippen LogP contribution in [0.2, 0.25) is 0 Å². The predicted molar refractivity (Wildman–Crippen MR) is 71.1 cm³/mol. The smallest absolute Gasteiger partial charge is 0.127 e. The molecule has 1 aliphatic heterocycles. The maximum absolute atomic E-state index is 5.69. The number of nitrogens with one attached hydrogen (secondary N) is 1. The highest BCUT2D eigenvalue weighted by Gasteiger charge is 2.12. The highest BCUT2D eigenvalue weighted by molar-refractivity contribution is 5.48. The van der Waals surface area contributed by atoms with Gasteiger partial charge in [0.15, 0.2) is 0 Å². The van der Waals surface area contributed by atoms with Gasteiger partial charge in [-0.1, -0.05) is 0 Å². The Balaban J connectivity index is 1.69. The molecule has 1 aromatic rings. The normalized spacial score (nSPS) is 18.2. The fourth-order valence-electron chi connectivity index (χ4n) is 1.96. The fraction of sp³-hybridized carbons (Fsp3) is 0.583. The molecule has 0 bridgehead atoms. The largest absolute Gasteiger partial charge is 0.399 e. The molecule has 0 spiro atoms. The molecule has 5 heteroatoms. The van der Waals surface area contributed by atoms with Gasteiger partial charge in [-0.3, -0.25) is 4.90 Å². The van der Waals surface area contributed by atoms with Crippen LogP contribution in [0.4, 0.5) is 11.5 Å². The van der Waals surface area contributed by atoms with Crippen LogP contribution in [0.3, 0.4) is 0 Å². The summed E-state index contributed by atoms with van der Waals surface area (Å²) in [4.78, 5) is 9.05. The number of piperazine rings is 1. The number of anilines is 2. The van der Waals surface area contributed by atoms with Crippen molar-refractivity contribution in [3.63, 3.8) is 0 Å². The molecule has 2 heterocycles. The van der Waals surface area contributed by atoms with E-state index in [-0.39, 0.29) is 0 Å². The molecule has 3 N–H and O–H groups in total. The molecule has 0 radical (unpaired) electrons. The Morgan fingerprint density at radius 1 is 1.35 bits per heavy atom. The van der Waals surface area contributed by atoms with Gasteiger partial charge >= 0.3 is 0 Å². The summed E-state index contributed by atoms with van der Waals surface area (Å²) >= 11 is 0. The minimum Gasteiger partial charge on any atom is -0.399 e. The molecule has 0 aliphatic carbocycles. The monoisotopic (exact) mass is 235 g/mol. The molecule has 1 saturated heterocycles. The van der Waals surface area contributed by atoms with E-state index in [0.717, 1.165) is 50.8 Å². The summed E-state index contributed by atoms with van der Waals surface area (Å²) in [5.41, 5.74) is 6.44. The SMILES string of the molecule is CN1CCN(CCNc2cc(N)ccn2)CC1. The van der Waals surface area contributed by atoms with Gasteiger partial charge in [-0.25, -0.2) is 4.98 Å². The van der Waals surface area contributed by atoms with Crippen molar-refractivity contribution < 1.29 is 0 Å². The zero-order valence-electron chi connectivity index (χ0n) is 10.4. The third-order valence-corrected chi connectivity index (χ3v) is 3.11. The first-order valence-electron chi connectivity index (χ1n) is 6.10. The average molecular weight is 235 g/mol. The summed E-state index contributed by atoms with van der Waals surface area (Å²) in [7, 11) is 2.17. The Bertz CT molecular complexity index is 347. The van der Waals surface area contributed by atoms with E-state index in [1.807, 2.05) is 6.07 Å². The van der Waals surface area contributed by atoms with Gasteiger partial charge < -0.3 is 16.0 Å². The molecule has 0 atom stereocenters. The molecule has 0 amide bonds. The van der Waals surface area contributed by atoms with Crippen LogP contribution in [0.15, 0.2) is 18.3 Å². The number of nitrogens with two attached hydrogens (primary N) is 1. The van der Waals surface area contributed by atoms with Crippen LogP contribution in [-0.2, 0) is 0 Å². The predicted octanol–water partition coefficient (Wildman–Crippen LogP) is 0.323. The molecule has 0 unspecified atom stereocenters. The number of hydrogen-bond donors (Lipinski definition) is 2. The van der Waals surface area contributed by atoms with E-state index in [0.29, 0.717) is 0 Å². The lowest BCUT2D eigenvalue weighted by Gasteiger charge is -2.32. The maximum atomic E-state index is 5.69. The summed E-state index contributed by atoms with van der Waals surface area (Å²) in [6.07, 6.45) is 1.73. The first-order valence-corrected chi connectivity index (χ1v) is 6.10. The van der Waals surface area contributed by atoms with Crippen LogP contribution >= 0.6 is 0 Å². The number of pyridine rings is 1.